The summed E-state index contributed by atoms with van der Waals surface area (Å²) in [6.07, 6.45) is 3.08. The molecule has 2 aromatic carbocycles. The molecule has 3 rings (SSSR count). The molecule has 1 amide bonds. The van der Waals surface area contributed by atoms with Gasteiger partial charge in [0.25, 0.3) is 11.7 Å². The van der Waals surface area contributed by atoms with E-state index in [1.54, 1.807) is 30.3 Å². The molecule has 0 saturated carbocycles. The van der Waals surface area contributed by atoms with Crippen LogP contribution in [0.5, 0.6) is 11.5 Å². The fourth-order valence-electron chi connectivity index (χ4n) is 4.10. The van der Waals surface area contributed by atoms with E-state index in [0.29, 0.717) is 29.2 Å². The molecule has 1 fully saturated rings. The van der Waals surface area contributed by atoms with E-state index in [0.717, 1.165) is 19.3 Å². The number of hydrogen-bond donors (Lipinski definition) is 1. The number of benzene rings is 2. The Balaban J connectivity index is 2.02. The summed E-state index contributed by atoms with van der Waals surface area (Å²) in [4.78, 5) is 27.6. The molecule has 0 aliphatic carbocycles. The number of nitrogens with zero attached hydrogens (tertiary/aromatic N) is 1. The summed E-state index contributed by atoms with van der Waals surface area (Å²) in [5.74, 6) is -0.402. The van der Waals surface area contributed by atoms with Crippen molar-refractivity contribution < 1.29 is 28.9 Å². The number of aliphatic hydroxyl groups is 1. The minimum Gasteiger partial charge on any atom is -0.507 e. The molecule has 1 aliphatic rings. The Morgan fingerprint density at radius 1 is 1.03 bits per heavy atom. The second-order valence-corrected chi connectivity index (χ2v) is 8.77. The number of carbonyl (C=O) groups is 2. The molecule has 0 aromatic heterocycles. The van der Waals surface area contributed by atoms with Gasteiger partial charge < -0.3 is 24.2 Å². The number of aliphatic hydroxyl groups excluding tert-OH is 1. The maximum absolute atomic E-state index is 13.2. The Labute approximate surface area is 207 Å². The lowest BCUT2D eigenvalue weighted by atomic mass is 9.94. The number of hydrogen-bond acceptors (Lipinski definition) is 6. The smallest absolute Gasteiger partial charge is 0.295 e. The van der Waals surface area contributed by atoms with Gasteiger partial charge in [0.05, 0.1) is 30.9 Å². The zero-order valence-electron chi connectivity index (χ0n) is 21.0. The van der Waals surface area contributed by atoms with Crippen LogP contribution in [-0.4, -0.2) is 54.7 Å². The first-order valence-corrected chi connectivity index (χ1v) is 12.1. The Morgan fingerprint density at radius 3 is 2.40 bits per heavy atom. The van der Waals surface area contributed by atoms with Crippen molar-refractivity contribution in [3.05, 3.63) is 65.2 Å². The zero-order valence-corrected chi connectivity index (χ0v) is 21.0. The van der Waals surface area contributed by atoms with Crippen LogP contribution in [0.3, 0.4) is 0 Å². The van der Waals surface area contributed by atoms with Gasteiger partial charge >= 0.3 is 0 Å². The van der Waals surface area contributed by atoms with Gasteiger partial charge in [-0.15, -0.1) is 0 Å². The van der Waals surface area contributed by atoms with Crippen LogP contribution in [0.25, 0.3) is 5.76 Å². The minimum absolute atomic E-state index is 0.0301. The fourth-order valence-corrected chi connectivity index (χ4v) is 4.10. The molecule has 188 valence electrons. The lowest BCUT2D eigenvalue weighted by molar-refractivity contribution is -0.140. The molecular weight excluding hydrogens is 446 g/mol. The van der Waals surface area contributed by atoms with Gasteiger partial charge in [-0.2, -0.15) is 0 Å². The number of rotatable bonds is 12. The van der Waals surface area contributed by atoms with Crippen molar-refractivity contribution in [2.45, 2.75) is 52.2 Å². The van der Waals surface area contributed by atoms with Crippen LogP contribution in [0.4, 0.5) is 0 Å². The molecule has 35 heavy (non-hydrogen) atoms. The Kier molecular flexibility index (Phi) is 9.32. The number of para-hydroxylation sites is 1. The Bertz CT molecular complexity index is 1040. The van der Waals surface area contributed by atoms with E-state index < -0.39 is 17.7 Å². The predicted octanol–water partition coefficient (Wildman–Crippen LogP) is 5.11. The summed E-state index contributed by atoms with van der Waals surface area (Å²) in [5, 5.41) is 11.3. The molecule has 1 aliphatic heterocycles. The summed E-state index contributed by atoms with van der Waals surface area (Å²) in [6.45, 7) is 7.02. The number of amides is 1. The van der Waals surface area contributed by atoms with Crippen LogP contribution in [0.2, 0.25) is 0 Å². The van der Waals surface area contributed by atoms with Crippen molar-refractivity contribution in [2.24, 2.45) is 0 Å². The van der Waals surface area contributed by atoms with E-state index in [4.69, 9.17) is 14.2 Å². The highest BCUT2D eigenvalue weighted by Gasteiger charge is 2.46. The topological polar surface area (TPSA) is 85.3 Å². The third-order valence-electron chi connectivity index (χ3n) is 5.80. The molecule has 1 unspecified atom stereocenters. The standard InChI is InChI=1S/C28H35NO6/c1-5-6-9-17-34-21-14-12-20(13-15-21)26(30)24-25(29(16-18-33-4)28(32)27(24)31)22-10-7-8-11-23(22)35-19(2)3/h7-8,10-15,19,25,30H,5-6,9,16-18H2,1-4H3/b26-24-. The average molecular weight is 482 g/mol. The highest BCUT2D eigenvalue weighted by atomic mass is 16.5. The Morgan fingerprint density at radius 2 is 1.74 bits per heavy atom. The van der Waals surface area contributed by atoms with Gasteiger partial charge in [-0.25, -0.2) is 0 Å². The number of Topliss-reactive ketones (excluding diaryl/α,β-unsaturated/α-hetero) is 1. The van der Waals surface area contributed by atoms with Gasteiger partial charge in [0, 0.05) is 24.8 Å². The molecule has 1 heterocycles. The van der Waals surface area contributed by atoms with Crippen LogP contribution in [0.15, 0.2) is 54.1 Å². The average Bonchev–Trinajstić information content (AvgIpc) is 3.10. The van der Waals surface area contributed by atoms with Gasteiger partial charge in [-0.05, 0) is 50.6 Å². The molecule has 0 spiro atoms. The van der Waals surface area contributed by atoms with Crippen LogP contribution < -0.4 is 9.47 Å². The maximum Gasteiger partial charge on any atom is 0.295 e. The molecule has 0 radical (unpaired) electrons. The first-order valence-electron chi connectivity index (χ1n) is 12.1. The van der Waals surface area contributed by atoms with Crippen LogP contribution in [-0.2, 0) is 14.3 Å². The molecule has 7 heteroatoms. The summed E-state index contributed by atoms with van der Waals surface area (Å²) in [5.41, 5.74) is 1.10. The van der Waals surface area contributed by atoms with Gasteiger partial charge in [0.1, 0.15) is 17.3 Å². The second kappa shape index (κ2) is 12.4. The van der Waals surface area contributed by atoms with Gasteiger partial charge in [-0.3, -0.25) is 9.59 Å². The van der Waals surface area contributed by atoms with E-state index in [1.165, 1.54) is 12.0 Å². The normalized spacial score (nSPS) is 17.3. The highest BCUT2D eigenvalue weighted by molar-refractivity contribution is 6.46. The first-order chi connectivity index (χ1) is 16.9. The van der Waals surface area contributed by atoms with E-state index in [2.05, 4.69) is 6.92 Å². The summed E-state index contributed by atoms with van der Waals surface area (Å²) in [7, 11) is 1.54. The maximum atomic E-state index is 13.2. The van der Waals surface area contributed by atoms with E-state index in [9.17, 15) is 14.7 Å². The predicted molar refractivity (Wildman–Crippen MR) is 135 cm³/mol. The zero-order chi connectivity index (χ0) is 25.4. The molecule has 1 saturated heterocycles. The number of methoxy groups -OCH3 is 1. The molecule has 1 N–H and O–H groups in total. The van der Waals surface area contributed by atoms with Crippen molar-refractivity contribution in [2.75, 3.05) is 26.9 Å². The third-order valence-corrected chi connectivity index (χ3v) is 5.80. The molecule has 7 nitrogen and oxygen atoms in total. The van der Waals surface area contributed by atoms with Gasteiger partial charge in [0.15, 0.2) is 0 Å². The summed E-state index contributed by atoms with van der Waals surface area (Å²) in [6, 6.07) is 13.4. The third kappa shape index (κ3) is 6.22. The minimum atomic E-state index is -0.801. The monoisotopic (exact) mass is 481 g/mol. The number of ether oxygens (including phenoxy) is 3. The van der Waals surface area contributed by atoms with Crippen molar-refractivity contribution in [3.8, 4) is 11.5 Å². The number of unbranched alkanes of at least 4 members (excludes halogenated alkanes) is 2. The van der Waals surface area contributed by atoms with Crippen molar-refractivity contribution in [1.82, 2.24) is 4.90 Å². The Hall–Kier alpha value is -3.32. The van der Waals surface area contributed by atoms with Gasteiger partial charge in [-0.1, -0.05) is 38.0 Å². The lowest BCUT2D eigenvalue weighted by Crippen LogP contribution is -2.33. The SMILES string of the molecule is CCCCCOc1ccc(/C(O)=C2/C(=O)C(=O)N(CCOC)C2c2ccccc2OC(C)C)cc1. The van der Waals surface area contributed by atoms with Crippen LogP contribution >= 0.6 is 0 Å². The van der Waals surface area contributed by atoms with Crippen LogP contribution in [0.1, 0.15) is 57.2 Å². The first kappa shape index (κ1) is 26.3. The molecule has 1 atom stereocenters. The fraction of sp³-hybridized carbons (Fsp3) is 0.429. The van der Waals surface area contributed by atoms with E-state index in [-0.39, 0.29) is 30.6 Å². The van der Waals surface area contributed by atoms with Crippen LogP contribution in [0, 0.1) is 0 Å². The number of carbonyl (C=O) groups excluding carboxylic acids is 2. The highest BCUT2D eigenvalue weighted by Crippen LogP contribution is 2.42. The molecular formula is C28H35NO6. The van der Waals surface area contributed by atoms with E-state index >= 15 is 0 Å². The summed E-state index contributed by atoms with van der Waals surface area (Å²) >= 11 is 0. The molecule has 2 aromatic rings. The van der Waals surface area contributed by atoms with Crippen molar-refractivity contribution in [3.63, 3.8) is 0 Å². The lowest BCUT2D eigenvalue weighted by Gasteiger charge is -2.27. The van der Waals surface area contributed by atoms with Gasteiger partial charge in [0.2, 0.25) is 0 Å². The second-order valence-electron chi connectivity index (χ2n) is 8.77. The number of likely N-dealkylation sites (tertiary alicyclic amines) is 1. The molecule has 0 bridgehead atoms. The summed E-state index contributed by atoms with van der Waals surface area (Å²) < 4.78 is 16.9. The number of ketones is 1. The van der Waals surface area contributed by atoms with Crippen molar-refractivity contribution >= 4 is 17.4 Å². The van der Waals surface area contributed by atoms with E-state index in [1.807, 2.05) is 32.0 Å². The van der Waals surface area contributed by atoms with Crippen molar-refractivity contribution in [1.29, 1.82) is 0 Å². The quantitative estimate of drug-likeness (QED) is 0.196. The largest absolute Gasteiger partial charge is 0.507 e.